The maximum atomic E-state index is 6.92. The van der Waals surface area contributed by atoms with Gasteiger partial charge in [0.15, 0.2) is 11.2 Å². The first-order valence-electron chi connectivity index (χ1n) is 33.2. The van der Waals surface area contributed by atoms with Crippen molar-refractivity contribution in [3.8, 4) is 44.5 Å². The second kappa shape index (κ2) is 21.3. The molecule has 0 aliphatic rings. The monoisotopic (exact) mass is 1240 g/mol. The predicted octanol–water partition coefficient (Wildman–Crippen LogP) is 25.9. The van der Waals surface area contributed by atoms with Gasteiger partial charge in [-0.05, 0) is 102 Å². The molecule has 0 amide bonds. The summed E-state index contributed by atoms with van der Waals surface area (Å²) in [6.45, 7) is 6.25. The van der Waals surface area contributed by atoms with Crippen molar-refractivity contribution >= 4 is 155 Å². The van der Waals surface area contributed by atoms with Gasteiger partial charge in [0, 0.05) is 98.4 Å². The lowest BCUT2D eigenvalue weighted by Crippen LogP contribution is -2.11. The highest BCUT2D eigenvalue weighted by atomic mass is 16.3. The Balaban J connectivity index is 0.876. The molecule has 0 fully saturated rings. The van der Waals surface area contributed by atoms with Crippen LogP contribution in [0.2, 0.25) is 0 Å². The van der Waals surface area contributed by atoms with Gasteiger partial charge in [-0.15, -0.1) is 0 Å². The molecule has 0 bridgehead atoms. The summed E-state index contributed by atoms with van der Waals surface area (Å²) in [5.74, 6) is 0.739. The van der Waals surface area contributed by atoms with Crippen LogP contribution in [-0.2, 0) is 0 Å². The van der Waals surface area contributed by atoms with Gasteiger partial charge in [0.1, 0.15) is 11.3 Å². The van der Waals surface area contributed by atoms with Gasteiger partial charge in [-0.2, -0.15) is 0 Å². The van der Waals surface area contributed by atoms with Crippen LogP contribution in [0.3, 0.4) is 0 Å². The van der Waals surface area contributed by atoms with E-state index in [2.05, 4.69) is 341 Å². The fraction of sp³-hybridized carbons (Fsp3) is 0.0110. The molecule has 6 heteroatoms. The smallest absolute Gasteiger partial charge is 0.159 e. The number of rotatable bonds is 12. The van der Waals surface area contributed by atoms with E-state index in [4.69, 9.17) is 8.83 Å². The molecular weight excluding hydrogens is 1180 g/mol. The second-order valence-electron chi connectivity index (χ2n) is 25.3. The quantitative estimate of drug-likeness (QED) is 0.122. The zero-order chi connectivity index (χ0) is 64.0. The summed E-state index contributed by atoms with van der Waals surface area (Å²) in [7, 11) is 0. The van der Waals surface area contributed by atoms with Crippen molar-refractivity contribution in [3.05, 3.63) is 327 Å². The van der Waals surface area contributed by atoms with Gasteiger partial charge in [0.05, 0.1) is 55.8 Å². The number of hydrogen-bond donors (Lipinski definition) is 0. The third-order valence-electron chi connectivity index (χ3n) is 20.2. The summed E-state index contributed by atoms with van der Waals surface area (Å²) in [6.07, 6.45) is 6.01. The van der Waals surface area contributed by atoms with Crippen molar-refractivity contribution in [1.82, 2.24) is 8.80 Å². The molecule has 6 heterocycles. The minimum absolute atomic E-state index is 0.739. The topological polar surface area (TPSA) is 41.6 Å². The second-order valence-corrected chi connectivity index (χ2v) is 25.3. The van der Waals surface area contributed by atoms with E-state index in [0.717, 1.165) is 134 Å². The highest BCUT2D eigenvalue weighted by molar-refractivity contribution is 6.38. The Labute approximate surface area is 558 Å². The zero-order valence-corrected chi connectivity index (χ0v) is 52.9. The molecule has 0 aliphatic heterocycles. The average Bonchev–Trinajstić information content (AvgIpc) is 1.50. The fourth-order valence-corrected chi connectivity index (χ4v) is 16.3. The molecule has 0 unspecified atom stereocenters. The van der Waals surface area contributed by atoms with Crippen LogP contribution < -0.4 is 9.80 Å². The van der Waals surface area contributed by atoms with Crippen LogP contribution in [0.15, 0.2) is 325 Å². The van der Waals surface area contributed by atoms with Crippen LogP contribution in [0.25, 0.3) is 166 Å². The van der Waals surface area contributed by atoms with Crippen molar-refractivity contribution in [2.24, 2.45) is 0 Å². The molecule has 6 nitrogen and oxygen atoms in total. The van der Waals surface area contributed by atoms with Gasteiger partial charge in [0.2, 0.25) is 0 Å². The number of furan rings is 2. The number of nitrogens with zero attached hydrogens (tertiary/aromatic N) is 4. The Bertz CT molecular complexity index is 6590. The molecule has 454 valence electrons. The van der Waals surface area contributed by atoms with Crippen molar-refractivity contribution < 1.29 is 8.83 Å². The van der Waals surface area contributed by atoms with Crippen LogP contribution in [0.5, 0.6) is 0 Å². The maximum absolute atomic E-state index is 6.92. The van der Waals surface area contributed by atoms with E-state index >= 15 is 0 Å². The summed E-state index contributed by atoms with van der Waals surface area (Å²) in [4.78, 5) is 4.81. The molecule has 20 aromatic rings. The third-order valence-corrected chi connectivity index (χ3v) is 20.2. The molecule has 0 atom stereocenters. The number of anilines is 6. The highest BCUT2D eigenvalue weighted by Crippen LogP contribution is 2.56. The minimum atomic E-state index is 0.739. The summed E-state index contributed by atoms with van der Waals surface area (Å²) in [5.41, 5.74) is 25.7. The first kappa shape index (κ1) is 54.6. The Morgan fingerprint density at radius 1 is 0.330 bits per heavy atom. The zero-order valence-electron chi connectivity index (χ0n) is 52.9. The number of allylic oxidation sites excluding steroid dienone is 1. The largest absolute Gasteiger partial charge is 0.454 e. The molecule has 0 radical (unpaired) electrons. The first-order chi connectivity index (χ1) is 48.1. The first-order valence-corrected chi connectivity index (χ1v) is 33.2. The predicted molar refractivity (Wildman–Crippen MR) is 409 cm³/mol. The van der Waals surface area contributed by atoms with Crippen LogP contribution in [0.4, 0.5) is 34.1 Å². The van der Waals surface area contributed by atoms with E-state index < -0.39 is 0 Å². The van der Waals surface area contributed by atoms with Gasteiger partial charge < -0.3 is 27.4 Å². The summed E-state index contributed by atoms with van der Waals surface area (Å²) in [6, 6.07) is 111. The number of fused-ring (bicyclic) bond motifs is 16. The number of para-hydroxylation sites is 7. The molecule has 20 rings (SSSR count). The van der Waals surface area contributed by atoms with Crippen molar-refractivity contribution in [3.63, 3.8) is 0 Å². The normalized spacial score (nSPS) is 12.2. The Morgan fingerprint density at radius 3 is 1.24 bits per heavy atom. The molecule has 14 aromatic carbocycles. The maximum Gasteiger partial charge on any atom is 0.159 e. The molecule has 6 aromatic heterocycles. The summed E-state index contributed by atoms with van der Waals surface area (Å²) < 4.78 is 19.0. The van der Waals surface area contributed by atoms with Gasteiger partial charge >= 0.3 is 0 Å². The van der Waals surface area contributed by atoms with E-state index in [0.29, 0.717) is 0 Å². The Hall–Kier alpha value is -12.9. The number of aromatic nitrogens is 2. The van der Waals surface area contributed by atoms with Gasteiger partial charge in [-0.1, -0.05) is 255 Å². The van der Waals surface area contributed by atoms with Crippen LogP contribution >= 0.6 is 0 Å². The Kier molecular flexibility index (Phi) is 12.0. The van der Waals surface area contributed by atoms with E-state index in [1.165, 1.54) is 65.5 Å². The lowest BCUT2D eigenvalue weighted by atomic mass is 9.89. The lowest BCUT2D eigenvalue weighted by molar-refractivity contribution is 0.604. The van der Waals surface area contributed by atoms with Gasteiger partial charge in [0.25, 0.3) is 0 Å². The lowest BCUT2D eigenvalue weighted by Gasteiger charge is -2.28. The molecule has 0 saturated carbocycles. The molecule has 0 spiro atoms. The van der Waals surface area contributed by atoms with Crippen molar-refractivity contribution in [2.45, 2.75) is 6.92 Å². The van der Waals surface area contributed by atoms with E-state index in [1.54, 1.807) is 0 Å². The fourth-order valence-electron chi connectivity index (χ4n) is 16.3. The minimum Gasteiger partial charge on any atom is -0.454 e. The molecule has 97 heavy (non-hydrogen) atoms. The SMILES string of the molecule is C=Cc1oc2c(N(c3ccc4c(c3)c3cccc5c6c(-c7ccccc7)c7c(c(-c8ccccc8)c6n4c35)c3cccc4c5cc(N(c6ccccc6-c6ccccc6)c6cccc8c6oc6ccccc68)ccc5n7c43)c3ccccc3-c3ccccc3)cccc2c1/C=C\C. The number of hydrogen-bond acceptors (Lipinski definition) is 4. The van der Waals surface area contributed by atoms with E-state index in [-0.39, 0.29) is 0 Å². The molecule has 0 aliphatic carbocycles. The van der Waals surface area contributed by atoms with E-state index in [1.807, 2.05) is 13.0 Å². The standard InChI is InChI=1S/C91H58N4O2/c1-3-27-64-68-41-25-47-78(90(68)96-80(64)4-2)92(74-45-20-17-36-62(74)56-28-9-5-10-29-56)60-50-52-76-72(54-60)66-39-23-43-70-84-83(59-34-15-8-16-35-59)89-85(82(58-32-13-7-14-33-58)88(84)94(76)86(66)70)71-44-24-40-67-73-55-61(51-53-77(73)95(89)87(67)71)93(75-46-21-18-37-63(75)57-30-11-6-12-31-57)79-48-26-42-69-65-38-19-22-49-81(65)97-91(69)79/h3-55H,2H2,1H3/b27-3-. The van der Waals surface area contributed by atoms with E-state index in [9.17, 15) is 0 Å². The van der Waals surface area contributed by atoms with Crippen LogP contribution in [0, 0.1) is 0 Å². The molecule has 0 saturated heterocycles. The van der Waals surface area contributed by atoms with Gasteiger partial charge in [-0.3, -0.25) is 0 Å². The average molecular weight is 1240 g/mol. The van der Waals surface area contributed by atoms with Crippen molar-refractivity contribution in [1.29, 1.82) is 0 Å². The van der Waals surface area contributed by atoms with Crippen LogP contribution in [0.1, 0.15) is 18.2 Å². The third kappa shape index (κ3) is 7.90. The molecule has 0 N–H and O–H groups in total. The summed E-state index contributed by atoms with van der Waals surface area (Å²) in [5, 5.41) is 12.7. The number of benzene rings is 14. The summed E-state index contributed by atoms with van der Waals surface area (Å²) >= 11 is 0. The molecular formula is C91H58N4O2. The van der Waals surface area contributed by atoms with Crippen LogP contribution in [-0.4, -0.2) is 8.80 Å². The van der Waals surface area contributed by atoms with Gasteiger partial charge in [-0.25, -0.2) is 0 Å². The highest BCUT2D eigenvalue weighted by Gasteiger charge is 2.33. The Morgan fingerprint density at radius 2 is 0.732 bits per heavy atom. The van der Waals surface area contributed by atoms with Crippen molar-refractivity contribution in [2.75, 3.05) is 9.80 Å².